The van der Waals surface area contributed by atoms with Gasteiger partial charge in [0.2, 0.25) is 0 Å². The number of unbranched alkanes of at least 4 members (excludes halogenated alkanes) is 2. The summed E-state index contributed by atoms with van der Waals surface area (Å²) in [4.78, 5) is 10.8. The van der Waals surface area contributed by atoms with Crippen molar-refractivity contribution in [3.8, 4) is 53.0 Å². The highest BCUT2D eigenvalue weighted by Crippen LogP contribution is 2.36. The number of fused-ring (bicyclic) bond motifs is 1. The number of carboxylic acids is 1. The Morgan fingerprint density at radius 1 is 0.977 bits per heavy atom. The molecular formula is C35H40N2O6. The van der Waals surface area contributed by atoms with Crippen LogP contribution in [-0.2, 0) is 17.9 Å². The SMILES string of the molecule is C#C.Cc1cc(CNCCCC(=O)O)c(OCCCCC#N)cc1OCc1cccc(-c2ccc3c(c2)OCCO3)c1C. The van der Waals surface area contributed by atoms with Gasteiger partial charge < -0.3 is 29.4 Å². The minimum atomic E-state index is -0.794. The fraction of sp³-hybridized carbons (Fsp3) is 0.371. The molecule has 3 aromatic carbocycles. The van der Waals surface area contributed by atoms with E-state index < -0.39 is 5.97 Å². The standard InChI is InChI=1S/C33H38N2O6.C2H2/c1-23-18-27(21-35-14-7-10-33(36)37)31(38-15-5-3-4-13-34)20-30(23)41-22-26-8-6-9-28(24(26)2)25-11-12-29-32(19-25)40-17-16-39-29;1-2/h6,8-9,11-12,18-20,35H,3-5,7,10,14-17,21-22H2,1-2H3,(H,36,37);1-2H. The van der Waals surface area contributed by atoms with E-state index in [1.54, 1.807) is 0 Å². The first-order chi connectivity index (χ1) is 21.0. The maximum Gasteiger partial charge on any atom is 0.303 e. The van der Waals surface area contributed by atoms with E-state index in [-0.39, 0.29) is 6.42 Å². The largest absolute Gasteiger partial charge is 0.493 e. The van der Waals surface area contributed by atoms with Crippen molar-refractivity contribution in [3.63, 3.8) is 0 Å². The molecule has 0 spiro atoms. The molecule has 0 radical (unpaired) electrons. The number of aliphatic carboxylic acids is 1. The zero-order valence-corrected chi connectivity index (χ0v) is 25.0. The summed E-state index contributed by atoms with van der Waals surface area (Å²) in [6.45, 7) is 7.30. The lowest BCUT2D eigenvalue weighted by Crippen LogP contribution is -2.17. The third-order valence-electron chi connectivity index (χ3n) is 7.04. The number of nitrogens with one attached hydrogen (secondary N) is 1. The molecule has 0 saturated carbocycles. The molecule has 4 rings (SSSR count). The zero-order valence-electron chi connectivity index (χ0n) is 25.0. The second-order valence-corrected chi connectivity index (χ2v) is 10.1. The van der Waals surface area contributed by atoms with Crippen molar-refractivity contribution in [2.24, 2.45) is 0 Å². The molecule has 0 atom stereocenters. The predicted molar refractivity (Wildman–Crippen MR) is 167 cm³/mol. The van der Waals surface area contributed by atoms with Gasteiger partial charge in [0.25, 0.3) is 0 Å². The highest BCUT2D eigenvalue weighted by Gasteiger charge is 2.15. The van der Waals surface area contributed by atoms with Crippen molar-refractivity contribution in [1.82, 2.24) is 5.32 Å². The number of ether oxygens (including phenoxy) is 4. The van der Waals surface area contributed by atoms with Crippen LogP contribution in [-0.4, -0.2) is 37.4 Å². The Labute approximate surface area is 254 Å². The number of carboxylic acid groups (broad SMARTS) is 1. The summed E-state index contributed by atoms with van der Waals surface area (Å²) in [7, 11) is 0. The molecule has 2 N–H and O–H groups in total. The summed E-state index contributed by atoms with van der Waals surface area (Å²) in [6, 6.07) is 18.4. The first kappa shape index (κ1) is 32.8. The Kier molecular flexibility index (Phi) is 13.2. The van der Waals surface area contributed by atoms with Crippen LogP contribution in [0, 0.1) is 38.0 Å². The summed E-state index contributed by atoms with van der Waals surface area (Å²) < 4.78 is 23.9. The van der Waals surface area contributed by atoms with Crippen LogP contribution in [0.2, 0.25) is 0 Å². The molecule has 43 heavy (non-hydrogen) atoms. The third kappa shape index (κ3) is 9.70. The van der Waals surface area contributed by atoms with Gasteiger partial charge >= 0.3 is 5.97 Å². The molecule has 226 valence electrons. The molecule has 0 fully saturated rings. The molecule has 0 aliphatic carbocycles. The van der Waals surface area contributed by atoms with Crippen molar-refractivity contribution < 1.29 is 28.8 Å². The van der Waals surface area contributed by atoms with Crippen molar-refractivity contribution in [2.75, 3.05) is 26.4 Å². The van der Waals surface area contributed by atoms with Gasteiger partial charge in [0, 0.05) is 31.0 Å². The fourth-order valence-electron chi connectivity index (χ4n) is 4.75. The van der Waals surface area contributed by atoms with E-state index in [2.05, 4.69) is 55.4 Å². The van der Waals surface area contributed by atoms with Gasteiger partial charge in [-0.3, -0.25) is 4.79 Å². The van der Waals surface area contributed by atoms with Gasteiger partial charge in [-0.2, -0.15) is 5.26 Å². The van der Waals surface area contributed by atoms with E-state index in [1.807, 2.05) is 31.2 Å². The first-order valence-corrected chi connectivity index (χ1v) is 14.5. The molecule has 1 aliphatic rings. The summed E-state index contributed by atoms with van der Waals surface area (Å²) in [6.07, 6.45) is 10.8. The molecule has 0 amide bonds. The van der Waals surface area contributed by atoms with E-state index in [1.165, 1.54) is 0 Å². The molecular weight excluding hydrogens is 544 g/mol. The van der Waals surface area contributed by atoms with Crippen LogP contribution >= 0.6 is 0 Å². The van der Waals surface area contributed by atoms with Gasteiger partial charge in [-0.15, -0.1) is 12.8 Å². The number of hydrogen-bond donors (Lipinski definition) is 2. The highest BCUT2D eigenvalue weighted by molar-refractivity contribution is 5.71. The van der Waals surface area contributed by atoms with E-state index in [0.29, 0.717) is 52.4 Å². The van der Waals surface area contributed by atoms with Crippen LogP contribution in [0.4, 0.5) is 0 Å². The lowest BCUT2D eigenvalue weighted by Gasteiger charge is -2.20. The van der Waals surface area contributed by atoms with E-state index in [0.717, 1.165) is 69.2 Å². The summed E-state index contributed by atoms with van der Waals surface area (Å²) in [5.41, 5.74) is 6.38. The molecule has 0 aromatic heterocycles. The highest BCUT2D eigenvalue weighted by atomic mass is 16.6. The Morgan fingerprint density at radius 2 is 1.77 bits per heavy atom. The molecule has 1 aliphatic heterocycles. The lowest BCUT2D eigenvalue weighted by atomic mass is 9.96. The lowest BCUT2D eigenvalue weighted by molar-refractivity contribution is -0.137. The molecule has 8 nitrogen and oxygen atoms in total. The normalized spacial score (nSPS) is 11.5. The minimum Gasteiger partial charge on any atom is -0.493 e. The van der Waals surface area contributed by atoms with E-state index in [4.69, 9.17) is 29.3 Å². The number of nitriles is 1. The average Bonchev–Trinajstić information content (AvgIpc) is 3.02. The van der Waals surface area contributed by atoms with E-state index in [9.17, 15) is 4.79 Å². The van der Waals surface area contributed by atoms with Crippen LogP contribution in [0.25, 0.3) is 11.1 Å². The molecule has 0 saturated heterocycles. The van der Waals surface area contributed by atoms with Crippen LogP contribution in [0.1, 0.15) is 54.4 Å². The van der Waals surface area contributed by atoms with Crippen LogP contribution < -0.4 is 24.3 Å². The smallest absolute Gasteiger partial charge is 0.303 e. The summed E-state index contributed by atoms with van der Waals surface area (Å²) >= 11 is 0. The maximum absolute atomic E-state index is 10.8. The van der Waals surface area contributed by atoms with Gasteiger partial charge in [0.1, 0.15) is 31.3 Å². The molecule has 1 heterocycles. The van der Waals surface area contributed by atoms with Crippen LogP contribution in [0.5, 0.6) is 23.0 Å². The van der Waals surface area contributed by atoms with Gasteiger partial charge in [-0.05, 0) is 85.7 Å². The number of benzene rings is 3. The maximum atomic E-state index is 10.8. The topological polar surface area (TPSA) is 110 Å². The number of carbonyl (C=O) groups is 1. The van der Waals surface area contributed by atoms with Crippen LogP contribution in [0.3, 0.4) is 0 Å². The second kappa shape index (κ2) is 17.3. The van der Waals surface area contributed by atoms with Gasteiger partial charge in [-0.25, -0.2) is 0 Å². The quantitative estimate of drug-likeness (QED) is 0.152. The van der Waals surface area contributed by atoms with Gasteiger partial charge in [0.15, 0.2) is 11.5 Å². The number of terminal acetylenes is 1. The predicted octanol–water partition coefficient (Wildman–Crippen LogP) is 6.60. The van der Waals surface area contributed by atoms with Crippen molar-refractivity contribution in [2.45, 2.75) is 59.1 Å². The average molecular weight is 585 g/mol. The number of hydrogen-bond acceptors (Lipinski definition) is 7. The zero-order chi connectivity index (χ0) is 31.0. The number of nitrogens with zero attached hydrogens (tertiary/aromatic N) is 1. The molecule has 0 unspecified atom stereocenters. The van der Waals surface area contributed by atoms with Crippen molar-refractivity contribution >= 4 is 5.97 Å². The Balaban J connectivity index is 0.00000248. The number of rotatable bonds is 15. The number of aryl methyl sites for hydroxylation is 1. The fourth-order valence-corrected chi connectivity index (χ4v) is 4.75. The van der Waals surface area contributed by atoms with Gasteiger partial charge in [-0.1, -0.05) is 24.3 Å². The van der Waals surface area contributed by atoms with E-state index >= 15 is 0 Å². The Morgan fingerprint density at radius 3 is 2.53 bits per heavy atom. The van der Waals surface area contributed by atoms with Crippen molar-refractivity contribution in [1.29, 1.82) is 5.26 Å². The summed E-state index contributed by atoms with van der Waals surface area (Å²) in [5, 5.41) is 21.0. The van der Waals surface area contributed by atoms with Crippen LogP contribution in [0.15, 0.2) is 48.5 Å². The Hall–Kier alpha value is -4.66. The molecule has 8 heteroatoms. The minimum absolute atomic E-state index is 0.135. The Bertz CT molecular complexity index is 1430. The second-order valence-electron chi connectivity index (χ2n) is 10.1. The first-order valence-electron chi connectivity index (χ1n) is 14.5. The van der Waals surface area contributed by atoms with Gasteiger partial charge in [0.05, 0.1) is 12.7 Å². The molecule has 3 aromatic rings. The van der Waals surface area contributed by atoms with Crippen molar-refractivity contribution in [3.05, 3.63) is 70.8 Å². The molecule has 0 bridgehead atoms. The summed E-state index contributed by atoms with van der Waals surface area (Å²) in [5.74, 6) is 2.22. The third-order valence-corrected chi connectivity index (χ3v) is 7.04. The monoisotopic (exact) mass is 584 g/mol.